The third-order valence-corrected chi connectivity index (χ3v) is 7.43. The lowest BCUT2D eigenvalue weighted by Gasteiger charge is -2.24. The van der Waals surface area contributed by atoms with Crippen LogP contribution in [0.15, 0.2) is 84.3 Å². The van der Waals surface area contributed by atoms with Gasteiger partial charge in [-0.2, -0.15) is 0 Å². The summed E-state index contributed by atoms with van der Waals surface area (Å²) in [7, 11) is -4.00. The standard InChI is InChI=1S/C26H27ClN2O3S/c1-4-17-29(24-16-8-7-15-23(24)27)33(31,32)22-14-10-13-21(18-22)26(30)28-25-19(5-2)11-9-12-20(25)6-3/h4,7-16,18H,1,5-6,17H2,2-3H3,(H,28,30). The number of nitrogens with zero attached hydrogens (tertiary/aromatic N) is 1. The number of hydrogen-bond donors (Lipinski definition) is 1. The summed E-state index contributed by atoms with van der Waals surface area (Å²) in [6, 6.07) is 18.7. The molecule has 0 spiro atoms. The monoisotopic (exact) mass is 482 g/mol. The average molecular weight is 483 g/mol. The smallest absolute Gasteiger partial charge is 0.264 e. The van der Waals surface area contributed by atoms with Crippen molar-refractivity contribution in [2.75, 3.05) is 16.2 Å². The van der Waals surface area contributed by atoms with E-state index >= 15 is 0 Å². The van der Waals surface area contributed by atoms with E-state index in [1.54, 1.807) is 36.4 Å². The minimum atomic E-state index is -4.00. The highest BCUT2D eigenvalue weighted by Crippen LogP contribution is 2.31. The first-order valence-electron chi connectivity index (χ1n) is 10.7. The minimum absolute atomic E-state index is 0.00332. The number of hydrogen-bond acceptors (Lipinski definition) is 3. The van der Waals surface area contributed by atoms with Gasteiger partial charge in [0.1, 0.15) is 0 Å². The normalized spacial score (nSPS) is 11.1. The van der Waals surface area contributed by atoms with Crippen LogP contribution in [-0.2, 0) is 22.9 Å². The Bertz CT molecular complexity index is 1250. The van der Waals surface area contributed by atoms with E-state index < -0.39 is 10.0 Å². The lowest BCUT2D eigenvalue weighted by Crippen LogP contribution is -2.31. The van der Waals surface area contributed by atoms with Crippen molar-refractivity contribution in [1.29, 1.82) is 0 Å². The molecule has 3 aromatic carbocycles. The molecule has 172 valence electrons. The molecule has 0 bridgehead atoms. The summed E-state index contributed by atoms with van der Waals surface area (Å²) < 4.78 is 28.2. The zero-order chi connectivity index (χ0) is 24.0. The Morgan fingerprint density at radius 1 is 1.00 bits per heavy atom. The molecule has 7 heteroatoms. The molecule has 0 saturated heterocycles. The highest BCUT2D eigenvalue weighted by Gasteiger charge is 2.26. The molecule has 33 heavy (non-hydrogen) atoms. The molecule has 3 aromatic rings. The van der Waals surface area contributed by atoms with Gasteiger partial charge in [0.25, 0.3) is 15.9 Å². The van der Waals surface area contributed by atoms with Crippen molar-refractivity contribution in [3.05, 3.63) is 101 Å². The van der Waals surface area contributed by atoms with Gasteiger partial charge >= 0.3 is 0 Å². The van der Waals surface area contributed by atoms with Crippen LogP contribution in [0.3, 0.4) is 0 Å². The van der Waals surface area contributed by atoms with Crippen molar-refractivity contribution < 1.29 is 13.2 Å². The maximum Gasteiger partial charge on any atom is 0.264 e. The predicted octanol–water partition coefficient (Wildman–Crippen LogP) is 6.10. The minimum Gasteiger partial charge on any atom is -0.321 e. The Kier molecular flexibility index (Phi) is 7.95. The quantitative estimate of drug-likeness (QED) is 0.375. The lowest BCUT2D eigenvalue weighted by molar-refractivity contribution is 0.102. The second kappa shape index (κ2) is 10.7. The van der Waals surface area contributed by atoms with Crippen LogP contribution in [-0.4, -0.2) is 20.9 Å². The van der Waals surface area contributed by atoms with Crippen LogP contribution in [0.1, 0.15) is 35.3 Å². The van der Waals surface area contributed by atoms with E-state index in [2.05, 4.69) is 11.9 Å². The van der Waals surface area contributed by atoms with Crippen LogP contribution in [0.4, 0.5) is 11.4 Å². The molecule has 0 fully saturated rings. The number of rotatable bonds is 9. The van der Waals surface area contributed by atoms with Gasteiger partial charge < -0.3 is 5.32 Å². The van der Waals surface area contributed by atoms with Crippen molar-refractivity contribution in [1.82, 2.24) is 0 Å². The molecule has 0 heterocycles. The second-order valence-electron chi connectivity index (χ2n) is 7.42. The number of para-hydroxylation sites is 2. The van der Waals surface area contributed by atoms with Crippen LogP contribution in [0, 0.1) is 0 Å². The van der Waals surface area contributed by atoms with E-state index in [0.29, 0.717) is 10.7 Å². The number of sulfonamides is 1. The third kappa shape index (κ3) is 5.29. The molecule has 0 aliphatic carbocycles. The first-order valence-corrected chi connectivity index (χ1v) is 12.6. The van der Waals surface area contributed by atoms with Gasteiger partial charge in [0.05, 0.1) is 22.2 Å². The van der Waals surface area contributed by atoms with Crippen molar-refractivity contribution >= 4 is 38.9 Å². The van der Waals surface area contributed by atoms with E-state index in [4.69, 9.17) is 11.6 Å². The van der Waals surface area contributed by atoms with Crippen LogP contribution in [0.25, 0.3) is 0 Å². The lowest BCUT2D eigenvalue weighted by atomic mass is 10.0. The molecule has 0 aliphatic rings. The Labute approximate surface area is 200 Å². The fourth-order valence-corrected chi connectivity index (χ4v) is 5.40. The summed E-state index contributed by atoms with van der Waals surface area (Å²) in [5.74, 6) is -0.365. The highest BCUT2D eigenvalue weighted by atomic mass is 35.5. The van der Waals surface area contributed by atoms with Crippen LogP contribution in [0.2, 0.25) is 5.02 Å². The molecule has 0 atom stereocenters. The van der Waals surface area contributed by atoms with Gasteiger partial charge in [0.15, 0.2) is 0 Å². The first kappa shape index (κ1) is 24.6. The Morgan fingerprint density at radius 2 is 1.64 bits per heavy atom. The van der Waals surface area contributed by atoms with E-state index in [1.807, 2.05) is 32.0 Å². The number of aryl methyl sites for hydroxylation is 2. The summed E-state index contributed by atoms with van der Waals surface area (Å²) in [5, 5.41) is 3.29. The molecule has 1 N–H and O–H groups in total. The van der Waals surface area contributed by atoms with Gasteiger partial charge in [-0.3, -0.25) is 9.10 Å². The first-order chi connectivity index (χ1) is 15.8. The number of anilines is 2. The maximum atomic E-state index is 13.5. The summed E-state index contributed by atoms with van der Waals surface area (Å²) in [6.07, 6.45) is 3.03. The van der Waals surface area contributed by atoms with Crippen LogP contribution in [0.5, 0.6) is 0 Å². The van der Waals surface area contributed by atoms with Crippen molar-refractivity contribution in [3.8, 4) is 0 Å². The third-order valence-electron chi connectivity index (χ3n) is 5.34. The van der Waals surface area contributed by atoms with Gasteiger partial charge in [-0.05, 0) is 54.3 Å². The second-order valence-corrected chi connectivity index (χ2v) is 9.69. The van der Waals surface area contributed by atoms with Gasteiger partial charge in [-0.1, -0.05) is 67.9 Å². The Balaban J connectivity index is 1.98. The number of carbonyl (C=O) groups is 1. The fourth-order valence-electron chi connectivity index (χ4n) is 3.61. The SMILES string of the molecule is C=CCN(c1ccccc1Cl)S(=O)(=O)c1cccc(C(=O)Nc2c(CC)cccc2CC)c1. The van der Waals surface area contributed by atoms with Crippen molar-refractivity contribution in [2.45, 2.75) is 31.6 Å². The molecule has 0 saturated carbocycles. The average Bonchev–Trinajstić information content (AvgIpc) is 2.83. The van der Waals surface area contributed by atoms with Crippen molar-refractivity contribution in [2.24, 2.45) is 0 Å². The van der Waals surface area contributed by atoms with Gasteiger partial charge in [0.2, 0.25) is 0 Å². The summed E-state index contributed by atoms with van der Waals surface area (Å²) in [5.41, 5.74) is 3.44. The van der Waals surface area contributed by atoms with E-state index in [0.717, 1.165) is 29.7 Å². The molecule has 0 unspecified atom stereocenters. The summed E-state index contributed by atoms with van der Waals surface area (Å²) in [6.45, 7) is 7.77. The maximum absolute atomic E-state index is 13.5. The highest BCUT2D eigenvalue weighted by molar-refractivity contribution is 7.92. The summed E-state index contributed by atoms with van der Waals surface area (Å²) >= 11 is 6.27. The number of amides is 1. The molecule has 5 nitrogen and oxygen atoms in total. The van der Waals surface area contributed by atoms with Gasteiger partial charge in [-0.25, -0.2) is 8.42 Å². The van der Waals surface area contributed by atoms with E-state index in [1.165, 1.54) is 22.5 Å². The Morgan fingerprint density at radius 3 is 2.24 bits per heavy atom. The fraction of sp³-hybridized carbons (Fsp3) is 0.192. The number of halogens is 1. The molecular weight excluding hydrogens is 456 g/mol. The predicted molar refractivity (Wildman–Crippen MR) is 136 cm³/mol. The molecular formula is C26H27ClN2O3S. The van der Waals surface area contributed by atoms with Crippen LogP contribution < -0.4 is 9.62 Å². The topological polar surface area (TPSA) is 66.5 Å². The Hall–Kier alpha value is -3.09. The number of benzene rings is 3. The zero-order valence-corrected chi connectivity index (χ0v) is 20.3. The van der Waals surface area contributed by atoms with E-state index in [9.17, 15) is 13.2 Å². The van der Waals surface area contributed by atoms with Gasteiger partial charge in [0, 0.05) is 11.3 Å². The van der Waals surface area contributed by atoms with Crippen molar-refractivity contribution in [3.63, 3.8) is 0 Å². The summed E-state index contributed by atoms with van der Waals surface area (Å²) in [4.78, 5) is 13.1. The number of carbonyl (C=O) groups excluding carboxylic acids is 1. The molecule has 0 radical (unpaired) electrons. The molecule has 0 aliphatic heterocycles. The largest absolute Gasteiger partial charge is 0.321 e. The number of nitrogens with one attached hydrogen (secondary N) is 1. The molecule has 3 rings (SSSR count). The van der Waals surface area contributed by atoms with E-state index in [-0.39, 0.29) is 22.9 Å². The van der Waals surface area contributed by atoms with Gasteiger partial charge in [-0.15, -0.1) is 6.58 Å². The molecule has 1 amide bonds. The molecule has 0 aromatic heterocycles. The zero-order valence-electron chi connectivity index (χ0n) is 18.7. The van der Waals surface area contributed by atoms with Crippen LogP contribution >= 0.6 is 11.6 Å².